The number of carbonyl (C=O) groups excluding carboxylic acids is 2. The van der Waals surface area contributed by atoms with E-state index in [1.165, 1.54) is 13.8 Å². The van der Waals surface area contributed by atoms with E-state index < -0.39 is 30.1 Å². The molecule has 0 aliphatic carbocycles. The lowest BCUT2D eigenvalue weighted by molar-refractivity contribution is -0.311. The molecule has 0 aromatic rings. The molecule has 1 N–H and O–H groups in total. The van der Waals surface area contributed by atoms with Gasteiger partial charge in [-0.05, 0) is 27.2 Å². The third kappa shape index (κ3) is 7.67. The van der Waals surface area contributed by atoms with Gasteiger partial charge in [-0.2, -0.15) is 0 Å². The predicted octanol–water partition coefficient (Wildman–Crippen LogP) is 3.04. The SMILES string of the molecule is C=C(C)C(=O)OC(C)(COO)OC(=O)OC(C)(C)CCC. The van der Waals surface area contributed by atoms with Crippen molar-refractivity contribution in [3.8, 4) is 0 Å². The molecule has 0 aromatic heterocycles. The minimum Gasteiger partial charge on any atom is -0.428 e. The van der Waals surface area contributed by atoms with Crippen molar-refractivity contribution in [2.45, 2.75) is 58.8 Å². The highest BCUT2D eigenvalue weighted by Gasteiger charge is 2.37. The van der Waals surface area contributed by atoms with Crippen molar-refractivity contribution in [2.75, 3.05) is 6.61 Å². The van der Waals surface area contributed by atoms with Crippen LogP contribution < -0.4 is 0 Å². The molecule has 0 amide bonds. The van der Waals surface area contributed by atoms with Crippen molar-refractivity contribution in [3.63, 3.8) is 0 Å². The zero-order valence-corrected chi connectivity index (χ0v) is 13.2. The van der Waals surface area contributed by atoms with Crippen LogP contribution in [-0.2, 0) is 23.9 Å². The second kappa shape index (κ2) is 7.99. The molecule has 1 unspecified atom stereocenters. The van der Waals surface area contributed by atoms with Crippen molar-refractivity contribution < 1.29 is 33.9 Å². The Balaban J connectivity index is 4.79. The fourth-order valence-electron chi connectivity index (χ4n) is 1.56. The van der Waals surface area contributed by atoms with E-state index in [0.717, 1.165) is 6.42 Å². The van der Waals surface area contributed by atoms with Crippen LogP contribution in [0.15, 0.2) is 12.2 Å². The van der Waals surface area contributed by atoms with Crippen LogP contribution in [0.25, 0.3) is 0 Å². The Kier molecular flexibility index (Phi) is 7.38. The number of hydrogen-bond acceptors (Lipinski definition) is 7. The molecule has 122 valence electrons. The molecule has 0 radical (unpaired) electrons. The summed E-state index contributed by atoms with van der Waals surface area (Å²) in [6, 6.07) is 0. The second-order valence-electron chi connectivity index (χ2n) is 5.54. The summed E-state index contributed by atoms with van der Waals surface area (Å²) in [4.78, 5) is 27.2. The van der Waals surface area contributed by atoms with Crippen LogP contribution in [0.3, 0.4) is 0 Å². The van der Waals surface area contributed by atoms with Crippen LogP contribution in [0.2, 0.25) is 0 Å². The van der Waals surface area contributed by atoms with Gasteiger partial charge in [0, 0.05) is 12.5 Å². The minimum absolute atomic E-state index is 0.113. The van der Waals surface area contributed by atoms with E-state index in [1.807, 2.05) is 6.92 Å². The van der Waals surface area contributed by atoms with Crippen LogP contribution in [-0.4, -0.2) is 35.4 Å². The average molecular weight is 304 g/mol. The molecule has 0 bridgehead atoms. The van der Waals surface area contributed by atoms with Gasteiger partial charge in [0.1, 0.15) is 5.60 Å². The summed E-state index contributed by atoms with van der Waals surface area (Å²) in [5.74, 6) is -2.60. The van der Waals surface area contributed by atoms with E-state index in [0.29, 0.717) is 6.42 Å². The standard InChI is InChI=1S/C14H24O7/c1-7-8-13(4,5)20-12(16)21-14(6,9-18-17)19-11(15)10(2)3/h17H,2,7-9H2,1,3-6H3. The Morgan fingerprint density at radius 3 is 2.14 bits per heavy atom. The van der Waals surface area contributed by atoms with E-state index in [2.05, 4.69) is 11.5 Å². The Labute approximate surface area is 124 Å². The quantitative estimate of drug-likeness (QED) is 0.242. The molecule has 1 atom stereocenters. The molecule has 0 aliphatic heterocycles. The topological polar surface area (TPSA) is 91.3 Å². The first-order valence-corrected chi connectivity index (χ1v) is 6.62. The Bertz CT molecular complexity index is 389. The summed E-state index contributed by atoms with van der Waals surface area (Å²) in [7, 11) is 0. The molecule has 0 saturated heterocycles. The normalized spacial score (nSPS) is 14.0. The lowest BCUT2D eigenvalue weighted by atomic mass is 10.0. The highest BCUT2D eigenvalue weighted by atomic mass is 17.1. The Morgan fingerprint density at radius 1 is 1.14 bits per heavy atom. The highest BCUT2D eigenvalue weighted by molar-refractivity contribution is 5.87. The zero-order valence-electron chi connectivity index (χ0n) is 13.2. The van der Waals surface area contributed by atoms with Gasteiger partial charge in [-0.3, -0.25) is 5.26 Å². The largest absolute Gasteiger partial charge is 0.512 e. The number of carbonyl (C=O) groups is 2. The van der Waals surface area contributed by atoms with Gasteiger partial charge < -0.3 is 14.2 Å². The Morgan fingerprint density at radius 2 is 1.71 bits per heavy atom. The van der Waals surface area contributed by atoms with Crippen LogP contribution in [0.5, 0.6) is 0 Å². The van der Waals surface area contributed by atoms with Crippen molar-refractivity contribution in [3.05, 3.63) is 12.2 Å². The van der Waals surface area contributed by atoms with E-state index in [9.17, 15) is 9.59 Å². The molecule has 0 aliphatic rings. The predicted molar refractivity (Wildman–Crippen MR) is 74.4 cm³/mol. The maximum absolute atomic E-state index is 11.8. The number of hydrogen-bond donors (Lipinski definition) is 1. The molecule has 0 aromatic carbocycles. The third-order valence-corrected chi connectivity index (χ3v) is 2.49. The van der Waals surface area contributed by atoms with E-state index in [4.69, 9.17) is 19.5 Å². The van der Waals surface area contributed by atoms with Crippen molar-refractivity contribution in [1.82, 2.24) is 0 Å². The molecule has 0 spiro atoms. The molecule has 21 heavy (non-hydrogen) atoms. The molecule has 0 rings (SSSR count). The molecule has 7 nitrogen and oxygen atoms in total. The van der Waals surface area contributed by atoms with E-state index in [1.54, 1.807) is 13.8 Å². The summed E-state index contributed by atoms with van der Waals surface area (Å²) < 4.78 is 15.0. The van der Waals surface area contributed by atoms with Gasteiger partial charge in [-0.15, -0.1) is 0 Å². The van der Waals surface area contributed by atoms with Crippen molar-refractivity contribution in [2.24, 2.45) is 0 Å². The summed E-state index contributed by atoms with van der Waals surface area (Å²) in [6.07, 6.45) is 0.436. The van der Waals surface area contributed by atoms with E-state index >= 15 is 0 Å². The third-order valence-electron chi connectivity index (χ3n) is 2.49. The highest BCUT2D eigenvalue weighted by Crippen LogP contribution is 2.21. The monoisotopic (exact) mass is 304 g/mol. The first-order valence-electron chi connectivity index (χ1n) is 6.62. The van der Waals surface area contributed by atoms with Gasteiger partial charge in [0.2, 0.25) is 0 Å². The zero-order chi connectivity index (χ0) is 16.7. The minimum atomic E-state index is -1.82. The van der Waals surface area contributed by atoms with Crippen LogP contribution >= 0.6 is 0 Å². The van der Waals surface area contributed by atoms with Crippen LogP contribution in [0, 0.1) is 0 Å². The molecule has 7 heteroatoms. The Hall–Kier alpha value is -1.60. The average Bonchev–Trinajstić information content (AvgIpc) is 2.26. The number of esters is 1. The van der Waals surface area contributed by atoms with Crippen molar-refractivity contribution >= 4 is 12.1 Å². The fraction of sp³-hybridized carbons (Fsp3) is 0.714. The molecule has 0 saturated carbocycles. The van der Waals surface area contributed by atoms with Gasteiger partial charge in [0.15, 0.2) is 6.61 Å². The summed E-state index contributed by atoms with van der Waals surface area (Å²) in [5, 5.41) is 8.54. The van der Waals surface area contributed by atoms with Gasteiger partial charge >= 0.3 is 12.1 Å². The lowest BCUT2D eigenvalue weighted by Crippen LogP contribution is -2.43. The maximum Gasteiger partial charge on any atom is 0.512 e. The summed E-state index contributed by atoms with van der Waals surface area (Å²) >= 11 is 0. The van der Waals surface area contributed by atoms with Crippen LogP contribution in [0.4, 0.5) is 4.79 Å². The van der Waals surface area contributed by atoms with Gasteiger partial charge in [-0.25, -0.2) is 14.5 Å². The van der Waals surface area contributed by atoms with E-state index in [-0.39, 0.29) is 5.57 Å². The number of rotatable bonds is 8. The maximum atomic E-state index is 11.8. The first-order chi connectivity index (χ1) is 9.55. The number of ether oxygens (including phenoxy) is 3. The van der Waals surface area contributed by atoms with Gasteiger partial charge in [0.25, 0.3) is 5.79 Å². The van der Waals surface area contributed by atoms with Crippen molar-refractivity contribution in [1.29, 1.82) is 0 Å². The molecular weight excluding hydrogens is 280 g/mol. The smallest absolute Gasteiger partial charge is 0.428 e. The summed E-state index contributed by atoms with van der Waals surface area (Å²) in [5.41, 5.74) is -0.604. The second-order valence-corrected chi connectivity index (χ2v) is 5.54. The molecule has 0 heterocycles. The molecular formula is C14H24O7. The lowest BCUT2D eigenvalue weighted by Gasteiger charge is -2.30. The summed E-state index contributed by atoms with van der Waals surface area (Å²) in [6.45, 7) is 11.0. The fourth-order valence-corrected chi connectivity index (χ4v) is 1.56. The van der Waals surface area contributed by atoms with Crippen LogP contribution in [0.1, 0.15) is 47.5 Å². The van der Waals surface area contributed by atoms with Gasteiger partial charge in [-0.1, -0.05) is 19.9 Å². The van der Waals surface area contributed by atoms with Gasteiger partial charge in [0.05, 0.1) is 0 Å². The first kappa shape index (κ1) is 19.4. The molecule has 0 fully saturated rings.